The number of β-lactam (4-membered cyclic amide) rings is 1. The summed E-state index contributed by atoms with van der Waals surface area (Å²) in [6.45, 7) is 1.39. The number of fused-ring (bicyclic) bond motifs is 1. The van der Waals surface area contributed by atoms with E-state index in [1.807, 2.05) is 0 Å². The van der Waals surface area contributed by atoms with Crippen LogP contribution in [0.4, 0.5) is 0 Å². The molecule has 9 heteroatoms. The van der Waals surface area contributed by atoms with Gasteiger partial charge >= 0.3 is 10.3 Å². The minimum Gasteiger partial charge on any atom is -0.492 e. The van der Waals surface area contributed by atoms with Crippen molar-refractivity contribution in [2.24, 2.45) is 0 Å². The maximum atomic E-state index is 11.6. The lowest BCUT2D eigenvalue weighted by atomic mass is 9.84. The van der Waals surface area contributed by atoms with Crippen LogP contribution in [0.2, 0.25) is 0 Å². The topological polar surface area (TPSA) is 120 Å². The first-order valence-corrected chi connectivity index (χ1v) is 7.40. The zero-order chi connectivity index (χ0) is 15.6. The van der Waals surface area contributed by atoms with Crippen LogP contribution in [0.15, 0.2) is 24.3 Å². The smallest absolute Gasteiger partial charge is 0.363 e. The Morgan fingerprint density at radius 1 is 1.24 bits per heavy atom. The number of aromatic hydroxyl groups is 1. The highest BCUT2D eigenvalue weighted by atomic mass is 32.2. The van der Waals surface area contributed by atoms with E-state index >= 15 is 0 Å². The first kappa shape index (κ1) is 13.7. The summed E-state index contributed by atoms with van der Waals surface area (Å²) in [6.07, 6.45) is -0.221. The number of carbonyl (C=O) groups excluding carboxylic acids is 1. The number of nitrogens with zero attached hydrogens (tertiary/aromatic N) is 2. The molecule has 21 heavy (non-hydrogen) atoms. The molecule has 1 unspecified atom stereocenters. The van der Waals surface area contributed by atoms with Crippen molar-refractivity contribution < 1.29 is 28.1 Å². The van der Waals surface area contributed by atoms with Gasteiger partial charge in [-0.1, -0.05) is 18.2 Å². The summed E-state index contributed by atoms with van der Waals surface area (Å²) in [5.74, 6) is -1.25. The van der Waals surface area contributed by atoms with Crippen LogP contribution in [0.25, 0.3) is 10.8 Å². The van der Waals surface area contributed by atoms with E-state index in [0.717, 1.165) is 0 Å². The molecular formula is C12H12N2O6S. The molecule has 2 aromatic rings. The molecule has 1 aromatic carbocycles. The van der Waals surface area contributed by atoms with E-state index in [9.17, 15) is 28.1 Å². The van der Waals surface area contributed by atoms with Gasteiger partial charge in [-0.2, -0.15) is 13.1 Å². The van der Waals surface area contributed by atoms with Crippen LogP contribution in [-0.2, 0) is 20.6 Å². The normalized spacial score (nSPS) is 22.6. The molecule has 112 valence electrons. The molecule has 1 saturated heterocycles. The predicted molar refractivity (Wildman–Crippen MR) is 71.2 cm³/mol. The van der Waals surface area contributed by atoms with Crippen LogP contribution >= 0.6 is 0 Å². The molecule has 0 bridgehead atoms. The van der Waals surface area contributed by atoms with Gasteiger partial charge < -0.3 is 10.3 Å². The molecule has 0 spiro atoms. The van der Waals surface area contributed by atoms with Gasteiger partial charge in [0.15, 0.2) is 0 Å². The fourth-order valence-corrected chi connectivity index (χ4v) is 3.90. The van der Waals surface area contributed by atoms with Crippen molar-refractivity contribution >= 4 is 27.0 Å². The van der Waals surface area contributed by atoms with Gasteiger partial charge in [-0.25, -0.2) is 4.31 Å². The number of rotatable bonds is 2. The fourth-order valence-electron chi connectivity index (χ4n) is 2.92. The van der Waals surface area contributed by atoms with Crippen molar-refractivity contribution in [2.75, 3.05) is 0 Å². The van der Waals surface area contributed by atoms with E-state index in [-0.39, 0.29) is 12.1 Å². The van der Waals surface area contributed by atoms with Crippen LogP contribution < -0.4 is 0 Å². The summed E-state index contributed by atoms with van der Waals surface area (Å²) in [5.41, 5.74) is -1.45. The highest BCUT2D eigenvalue weighted by Gasteiger charge is 2.57. The van der Waals surface area contributed by atoms with Gasteiger partial charge in [0.2, 0.25) is 11.8 Å². The van der Waals surface area contributed by atoms with Crippen molar-refractivity contribution in [2.45, 2.75) is 18.9 Å². The van der Waals surface area contributed by atoms with Crippen LogP contribution in [0.5, 0.6) is 5.88 Å². The highest BCUT2D eigenvalue weighted by molar-refractivity contribution is 7.84. The number of carbonyl (C=O) groups is 1. The minimum absolute atomic E-state index is 0.0211. The van der Waals surface area contributed by atoms with E-state index < -0.39 is 27.6 Å². The molecule has 1 aromatic heterocycles. The summed E-state index contributed by atoms with van der Waals surface area (Å²) in [5, 5.41) is 20.7. The number of hydrogen-bond acceptors (Lipinski definition) is 5. The molecule has 0 aliphatic carbocycles. The van der Waals surface area contributed by atoms with Crippen LogP contribution in [0, 0.1) is 0 Å². The standard InChI is InChI=1S/C12H12N2O6S/c1-12(6-9(15)14(12)21(18,19)20)10-7-4-2-3-5-8(7)11(16)13(10)17/h2-5,16-17H,6H2,1H3,(H,18,19,20). The molecular weight excluding hydrogens is 300 g/mol. The molecule has 1 fully saturated rings. The first-order valence-electron chi connectivity index (χ1n) is 6.01. The van der Waals surface area contributed by atoms with Crippen LogP contribution in [0.3, 0.4) is 0 Å². The van der Waals surface area contributed by atoms with E-state index in [4.69, 9.17) is 0 Å². The third-order valence-corrected chi connectivity index (χ3v) is 4.81. The van der Waals surface area contributed by atoms with E-state index in [2.05, 4.69) is 0 Å². The second-order valence-electron chi connectivity index (χ2n) is 5.12. The highest BCUT2D eigenvalue weighted by Crippen LogP contribution is 2.47. The number of benzene rings is 1. The second kappa shape index (κ2) is 3.89. The molecule has 1 atom stereocenters. The summed E-state index contributed by atoms with van der Waals surface area (Å²) in [6, 6.07) is 6.41. The average molecular weight is 312 g/mol. The lowest BCUT2D eigenvalue weighted by Crippen LogP contribution is -2.62. The summed E-state index contributed by atoms with van der Waals surface area (Å²) < 4.78 is 32.7. The Labute approximate surface area is 119 Å². The van der Waals surface area contributed by atoms with Gasteiger partial charge in [-0.3, -0.25) is 9.35 Å². The molecule has 8 nitrogen and oxygen atoms in total. The largest absolute Gasteiger partial charge is 0.492 e. The van der Waals surface area contributed by atoms with Crippen LogP contribution in [-0.4, -0.2) is 38.2 Å². The van der Waals surface area contributed by atoms with Crippen molar-refractivity contribution in [1.29, 1.82) is 0 Å². The monoisotopic (exact) mass is 312 g/mol. The molecule has 1 aliphatic rings. The Hall–Kier alpha value is -2.26. The SMILES string of the molecule is CC1(c2c3ccccc3c(O)n2O)CC(=O)N1S(=O)(=O)O. The lowest BCUT2D eigenvalue weighted by molar-refractivity contribution is -0.146. The minimum atomic E-state index is -4.77. The lowest BCUT2D eigenvalue weighted by Gasteiger charge is -2.46. The van der Waals surface area contributed by atoms with Crippen molar-refractivity contribution in [3.63, 3.8) is 0 Å². The molecule has 0 radical (unpaired) electrons. The Bertz CT molecular complexity index is 871. The summed E-state index contributed by atoms with van der Waals surface area (Å²) in [4.78, 5) is 11.6. The molecule has 3 rings (SSSR count). The van der Waals surface area contributed by atoms with Gasteiger partial charge in [0.25, 0.3) is 0 Å². The Balaban J connectivity index is 2.31. The number of hydrogen-bond donors (Lipinski definition) is 3. The summed E-state index contributed by atoms with van der Waals surface area (Å²) >= 11 is 0. The third-order valence-electron chi connectivity index (χ3n) is 3.75. The Morgan fingerprint density at radius 2 is 1.81 bits per heavy atom. The number of aromatic nitrogens is 1. The fraction of sp³-hybridized carbons (Fsp3) is 0.250. The second-order valence-corrected chi connectivity index (χ2v) is 6.38. The molecule has 1 aliphatic heterocycles. The predicted octanol–water partition coefficient (Wildman–Crippen LogP) is 0.834. The maximum Gasteiger partial charge on any atom is 0.363 e. The van der Waals surface area contributed by atoms with Crippen LogP contribution in [0.1, 0.15) is 19.0 Å². The third kappa shape index (κ3) is 1.64. The Kier molecular flexibility index (Phi) is 2.54. The first-order chi connectivity index (χ1) is 9.68. The number of amides is 1. The Morgan fingerprint density at radius 3 is 2.33 bits per heavy atom. The molecule has 1 amide bonds. The van der Waals surface area contributed by atoms with Gasteiger partial charge in [-0.05, 0) is 13.0 Å². The van der Waals surface area contributed by atoms with Gasteiger partial charge in [0, 0.05) is 10.8 Å². The summed E-state index contributed by atoms with van der Waals surface area (Å²) in [7, 11) is -4.77. The van der Waals surface area contributed by atoms with Crippen molar-refractivity contribution in [1.82, 2.24) is 9.04 Å². The molecule has 0 saturated carbocycles. The van der Waals surface area contributed by atoms with Crippen molar-refractivity contribution in [3.05, 3.63) is 30.0 Å². The van der Waals surface area contributed by atoms with Crippen molar-refractivity contribution in [3.8, 4) is 5.88 Å². The molecule has 3 N–H and O–H groups in total. The van der Waals surface area contributed by atoms with Gasteiger partial charge in [0.1, 0.15) is 5.54 Å². The van der Waals surface area contributed by atoms with Gasteiger partial charge in [-0.15, -0.1) is 0 Å². The van der Waals surface area contributed by atoms with E-state index in [1.54, 1.807) is 24.3 Å². The quantitative estimate of drug-likeness (QED) is 0.429. The maximum absolute atomic E-state index is 11.6. The van der Waals surface area contributed by atoms with E-state index in [0.29, 0.717) is 19.8 Å². The zero-order valence-corrected chi connectivity index (χ0v) is 11.7. The zero-order valence-electron chi connectivity index (χ0n) is 10.9. The van der Waals surface area contributed by atoms with E-state index in [1.165, 1.54) is 6.92 Å². The average Bonchev–Trinajstić information content (AvgIpc) is 2.60. The molecule has 2 heterocycles. The van der Waals surface area contributed by atoms with Gasteiger partial charge in [0.05, 0.1) is 12.1 Å².